The van der Waals surface area contributed by atoms with Gasteiger partial charge in [-0.25, -0.2) is 5.43 Å². The summed E-state index contributed by atoms with van der Waals surface area (Å²) in [5.74, 6) is -0.282. The van der Waals surface area contributed by atoms with Gasteiger partial charge in [0.25, 0.3) is 5.91 Å². The normalized spacial score (nSPS) is 12.2. The summed E-state index contributed by atoms with van der Waals surface area (Å²) in [6, 6.07) is 2.35. The van der Waals surface area contributed by atoms with Crippen molar-refractivity contribution in [1.29, 1.82) is 0 Å². The van der Waals surface area contributed by atoms with E-state index in [1.165, 1.54) is 31.9 Å². The maximum absolute atomic E-state index is 12.3. The van der Waals surface area contributed by atoms with E-state index in [4.69, 9.17) is 4.74 Å². The molecule has 11 heteroatoms. The third-order valence-electron chi connectivity index (χ3n) is 3.87. The van der Waals surface area contributed by atoms with Gasteiger partial charge < -0.3 is 9.84 Å². The molecule has 2 rings (SSSR count). The average Bonchev–Trinajstić information content (AvgIpc) is 2.91. The van der Waals surface area contributed by atoms with Gasteiger partial charge in [-0.2, -0.15) is 10.2 Å². The summed E-state index contributed by atoms with van der Waals surface area (Å²) in [7, 11) is 1.42. The molecule has 0 bridgehead atoms. The number of benzene rings is 1. The van der Waals surface area contributed by atoms with Crippen LogP contribution < -0.4 is 10.2 Å². The van der Waals surface area contributed by atoms with Gasteiger partial charge in [-0.05, 0) is 54.4 Å². The SMILES string of the molecule is COc1cc(C=NNC(=O)C(C)n2nc(C)c([N+](=O)[O-])c2C)cc(Br)c1O. The third kappa shape index (κ3) is 4.25. The summed E-state index contributed by atoms with van der Waals surface area (Å²) < 4.78 is 6.75. The molecule has 0 spiro atoms. The lowest BCUT2D eigenvalue weighted by Gasteiger charge is -2.11. The molecule has 2 N–H and O–H groups in total. The Morgan fingerprint density at radius 1 is 1.52 bits per heavy atom. The molecule has 1 aromatic heterocycles. The highest BCUT2D eigenvalue weighted by molar-refractivity contribution is 9.10. The lowest BCUT2D eigenvalue weighted by molar-refractivity contribution is -0.386. The second-order valence-corrected chi connectivity index (χ2v) is 6.54. The third-order valence-corrected chi connectivity index (χ3v) is 4.48. The number of phenolic OH excluding ortho intramolecular Hbond substituents is 1. The fourth-order valence-electron chi connectivity index (χ4n) is 2.49. The molecule has 1 amide bonds. The van der Waals surface area contributed by atoms with Gasteiger partial charge in [0.05, 0.1) is 22.7 Å². The van der Waals surface area contributed by atoms with Crippen LogP contribution in [0.4, 0.5) is 5.69 Å². The van der Waals surface area contributed by atoms with Crippen LogP contribution in [0.2, 0.25) is 0 Å². The quantitative estimate of drug-likeness (QED) is 0.403. The number of nitrogens with one attached hydrogen (secondary N) is 1. The van der Waals surface area contributed by atoms with Crippen molar-refractivity contribution < 1.29 is 19.6 Å². The first kappa shape index (κ1) is 20.4. The molecule has 0 aliphatic heterocycles. The number of amides is 1. The molecule has 1 heterocycles. The van der Waals surface area contributed by atoms with E-state index in [9.17, 15) is 20.0 Å². The van der Waals surface area contributed by atoms with Crippen molar-refractivity contribution in [2.45, 2.75) is 26.8 Å². The smallest absolute Gasteiger partial charge is 0.312 e. The first-order chi connectivity index (χ1) is 12.7. The summed E-state index contributed by atoms with van der Waals surface area (Å²) in [5, 5.41) is 28.8. The van der Waals surface area contributed by atoms with E-state index < -0.39 is 16.9 Å². The van der Waals surface area contributed by atoms with Crippen LogP contribution >= 0.6 is 15.9 Å². The van der Waals surface area contributed by atoms with Crippen LogP contribution in [0.1, 0.15) is 29.9 Å². The van der Waals surface area contributed by atoms with E-state index in [1.54, 1.807) is 19.1 Å². The number of ether oxygens (including phenoxy) is 1. The number of hydrogen-bond donors (Lipinski definition) is 2. The Morgan fingerprint density at radius 2 is 2.19 bits per heavy atom. The molecule has 0 saturated carbocycles. The number of hydrogen-bond acceptors (Lipinski definition) is 7. The first-order valence-electron chi connectivity index (χ1n) is 7.76. The van der Waals surface area contributed by atoms with Gasteiger partial charge in [-0.1, -0.05) is 0 Å². The Balaban J connectivity index is 2.14. The van der Waals surface area contributed by atoms with Crippen molar-refractivity contribution in [2.24, 2.45) is 5.10 Å². The van der Waals surface area contributed by atoms with Crippen LogP contribution in [0.3, 0.4) is 0 Å². The number of methoxy groups -OCH3 is 1. The van der Waals surface area contributed by atoms with Crippen molar-refractivity contribution in [2.75, 3.05) is 7.11 Å². The van der Waals surface area contributed by atoms with Crippen molar-refractivity contribution in [3.05, 3.63) is 43.7 Å². The Kier molecular flexibility index (Phi) is 6.16. The predicted molar refractivity (Wildman–Crippen MR) is 101 cm³/mol. The zero-order chi connectivity index (χ0) is 20.3. The molecule has 1 unspecified atom stereocenters. The predicted octanol–water partition coefficient (Wildman–Crippen LogP) is 2.60. The maximum atomic E-state index is 12.3. The molecular weight excluding hydrogens is 422 g/mol. The molecule has 1 atom stereocenters. The van der Waals surface area contributed by atoms with Crippen LogP contribution in [-0.2, 0) is 4.79 Å². The van der Waals surface area contributed by atoms with Crippen LogP contribution in [0.5, 0.6) is 11.5 Å². The fraction of sp³-hybridized carbons (Fsp3) is 0.312. The second-order valence-electron chi connectivity index (χ2n) is 5.68. The summed E-state index contributed by atoms with van der Waals surface area (Å²) >= 11 is 3.20. The topological polar surface area (TPSA) is 132 Å². The standard InChI is InChI=1S/C16H18BrN5O5/c1-8-14(22(25)26)9(2)21(20-8)10(3)16(24)19-18-7-11-5-12(17)15(23)13(6-11)27-4/h5-7,10,23H,1-4H3,(H,19,24). The maximum Gasteiger partial charge on any atom is 0.312 e. The lowest BCUT2D eigenvalue weighted by atomic mass is 10.2. The van der Waals surface area contributed by atoms with Gasteiger partial charge in [0, 0.05) is 0 Å². The van der Waals surface area contributed by atoms with Gasteiger partial charge in [-0.3, -0.25) is 19.6 Å². The number of halogens is 1. The fourth-order valence-corrected chi connectivity index (χ4v) is 2.95. The molecular formula is C16H18BrN5O5. The number of aryl methyl sites for hydroxylation is 1. The van der Waals surface area contributed by atoms with Crippen molar-refractivity contribution in [3.63, 3.8) is 0 Å². The van der Waals surface area contributed by atoms with Crippen LogP contribution in [-0.4, -0.2) is 39.0 Å². The number of nitrogens with zero attached hydrogens (tertiary/aromatic N) is 4. The molecule has 0 fully saturated rings. The number of phenols is 1. The summed E-state index contributed by atoms with van der Waals surface area (Å²) in [5.41, 5.74) is 3.36. The first-order valence-corrected chi connectivity index (χ1v) is 8.56. The second kappa shape index (κ2) is 8.16. The van der Waals surface area contributed by atoms with E-state index in [1.807, 2.05) is 0 Å². The van der Waals surface area contributed by atoms with Crippen LogP contribution in [0.15, 0.2) is 21.7 Å². The minimum absolute atomic E-state index is 0.0431. The molecule has 1 aromatic carbocycles. The molecule has 144 valence electrons. The molecule has 2 aromatic rings. The Bertz CT molecular complexity index is 924. The zero-order valence-electron chi connectivity index (χ0n) is 15.1. The largest absolute Gasteiger partial charge is 0.503 e. The van der Waals surface area contributed by atoms with Crippen molar-refractivity contribution in [3.8, 4) is 11.5 Å². The van der Waals surface area contributed by atoms with Crippen LogP contribution in [0.25, 0.3) is 0 Å². The minimum atomic E-state index is -0.796. The number of nitro groups is 1. The zero-order valence-corrected chi connectivity index (χ0v) is 16.6. The molecule has 27 heavy (non-hydrogen) atoms. The Hall–Kier alpha value is -2.95. The number of carbonyl (C=O) groups excluding carboxylic acids is 1. The van der Waals surface area contributed by atoms with Gasteiger partial charge in [0.15, 0.2) is 11.5 Å². The van der Waals surface area contributed by atoms with Gasteiger partial charge >= 0.3 is 5.69 Å². The van der Waals surface area contributed by atoms with Gasteiger partial charge in [0.2, 0.25) is 0 Å². The Morgan fingerprint density at radius 3 is 2.74 bits per heavy atom. The highest BCUT2D eigenvalue weighted by Crippen LogP contribution is 2.34. The average molecular weight is 440 g/mol. The monoisotopic (exact) mass is 439 g/mol. The number of rotatable bonds is 6. The summed E-state index contributed by atoms with van der Waals surface area (Å²) in [6.45, 7) is 4.61. The van der Waals surface area contributed by atoms with E-state index in [-0.39, 0.29) is 28.6 Å². The van der Waals surface area contributed by atoms with E-state index in [0.717, 1.165) is 0 Å². The van der Waals surface area contributed by atoms with E-state index in [2.05, 4.69) is 31.6 Å². The number of aromatic nitrogens is 2. The lowest BCUT2D eigenvalue weighted by Crippen LogP contribution is -2.28. The molecule has 10 nitrogen and oxygen atoms in total. The Labute approximate surface area is 163 Å². The number of carbonyl (C=O) groups is 1. The van der Waals surface area contributed by atoms with E-state index in [0.29, 0.717) is 10.0 Å². The van der Waals surface area contributed by atoms with Crippen molar-refractivity contribution in [1.82, 2.24) is 15.2 Å². The van der Waals surface area contributed by atoms with Crippen LogP contribution in [0, 0.1) is 24.0 Å². The van der Waals surface area contributed by atoms with Gasteiger partial charge in [0.1, 0.15) is 17.4 Å². The molecule has 0 aliphatic carbocycles. The summed E-state index contributed by atoms with van der Waals surface area (Å²) in [6.07, 6.45) is 1.38. The molecule has 0 radical (unpaired) electrons. The number of hydrazone groups is 1. The summed E-state index contributed by atoms with van der Waals surface area (Å²) in [4.78, 5) is 22.8. The van der Waals surface area contributed by atoms with E-state index >= 15 is 0 Å². The van der Waals surface area contributed by atoms with Gasteiger partial charge in [-0.15, -0.1) is 0 Å². The highest BCUT2D eigenvalue weighted by atomic mass is 79.9. The minimum Gasteiger partial charge on any atom is -0.503 e. The highest BCUT2D eigenvalue weighted by Gasteiger charge is 2.26. The number of aromatic hydroxyl groups is 1. The molecule has 0 saturated heterocycles. The van der Waals surface area contributed by atoms with Crippen molar-refractivity contribution >= 4 is 33.7 Å². The molecule has 0 aliphatic rings.